The van der Waals surface area contributed by atoms with E-state index in [1.165, 1.54) is 16.9 Å². The zero-order chi connectivity index (χ0) is 16.9. The molecule has 6 nitrogen and oxygen atoms in total. The van der Waals surface area contributed by atoms with Gasteiger partial charge in [-0.15, -0.1) is 22.0 Å². The summed E-state index contributed by atoms with van der Waals surface area (Å²) in [5, 5.41) is 14.6. The largest absolute Gasteiger partial charge is 0.323 e. The number of hydrogen-bond acceptors (Lipinski definition) is 5. The Morgan fingerprint density at radius 1 is 1.25 bits per heavy atom. The molecule has 122 valence electrons. The van der Waals surface area contributed by atoms with Crippen LogP contribution in [0, 0.1) is 5.82 Å². The van der Waals surface area contributed by atoms with Crippen LogP contribution in [0.4, 0.5) is 10.1 Å². The second-order valence-electron chi connectivity index (χ2n) is 4.90. The standard InChI is InChI=1S/C16H14FN5OS/c1-24-14-8-3-2-7-13(14)18-15(23)10-22-20-16(19-21-22)11-5-4-6-12(17)9-11/h2-9H,10H2,1H3,(H,18,23). The average molecular weight is 343 g/mol. The van der Waals surface area contributed by atoms with Gasteiger partial charge in [0.25, 0.3) is 0 Å². The van der Waals surface area contributed by atoms with E-state index in [2.05, 4.69) is 20.7 Å². The zero-order valence-corrected chi connectivity index (χ0v) is 13.6. The lowest BCUT2D eigenvalue weighted by molar-refractivity contribution is -0.117. The highest BCUT2D eigenvalue weighted by atomic mass is 32.2. The molecule has 2 aromatic carbocycles. The fourth-order valence-corrected chi connectivity index (χ4v) is 2.67. The van der Waals surface area contributed by atoms with Crippen molar-refractivity contribution in [2.24, 2.45) is 0 Å². The first-order valence-corrected chi connectivity index (χ1v) is 8.35. The fourth-order valence-electron chi connectivity index (χ4n) is 2.12. The molecule has 0 aliphatic heterocycles. The Hall–Kier alpha value is -2.74. The summed E-state index contributed by atoms with van der Waals surface area (Å²) in [6.45, 7) is -0.0783. The minimum absolute atomic E-state index is 0.0783. The van der Waals surface area contributed by atoms with Crippen LogP contribution in [0.2, 0.25) is 0 Å². The number of nitrogens with zero attached hydrogens (tertiary/aromatic N) is 4. The Morgan fingerprint density at radius 3 is 2.88 bits per heavy atom. The van der Waals surface area contributed by atoms with Crippen LogP contribution in [0.15, 0.2) is 53.4 Å². The monoisotopic (exact) mass is 343 g/mol. The van der Waals surface area contributed by atoms with Crippen molar-refractivity contribution in [3.8, 4) is 11.4 Å². The van der Waals surface area contributed by atoms with Gasteiger partial charge in [0, 0.05) is 10.5 Å². The van der Waals surface area contributed by atoms with E-state index in [1.54, 1.807) is 23.9 Å². The van der Waals surface area contributed by atoms with Crippen LogP contribution >= 0.6 is 11.8 Å². The second-order valence-corrected chi connectivity index (χ2v) is 5.75. The number of tetrazole rings is 1. The number of rotatable bonds is 5. The van der Waals surface area contributed by atoms with Crippen molar-refractivity contribution in [1.29, 1.82) is 0 Å². The Balaban J connectivity index is 1.69. The molecule has 0 saturated carbocycles. The van der Waals surface area contributed by atoms with Crippen molar-refractivity contribution in [1.82, 2.24) is 20.2 Å². The van der Waals surface area contributed by atoms with Gasteiger partial charge in [0.2, 0.25) is 11.7 Å². The van der Waals surface area contributed by atoms with E-state index >= 15 is 0 Å². The maximum atomic E-state index is 13.2. The van der Waals surface area contributed by atoms with Gasteiger partial charge in [-0.2, -0.15) is 4.80 Å². The molecule has 0 fully saturated rings. The number of para-hydroxylation sites is 1. The molecule has 1 amide bonds. The Kier molecular flexibility index (Phi) is 4.85. The molecule has 1 aromatic heterocycles. The number of nitrogens with one attached hydrogen (secondary N) is 1. The van der Waals surface area contributed by atoms with Crippen LogP contribution in [0.25, 0.3) is 11.4 Å². The summed E-state index contributed by atoms with van der Waals surface area (Å²) in [5.41, 5.74) is 1.25. The van der Waals surface area contributed by atoms with E-state index in [-0.39, 0.29) is 24.1 Å². The predicted molar refractivity (Wildman–Crippen MR) is 90.1 cm³/mol. The summed E-state index contributed by atoms with van der Waals surface area (Å²) in [6, 6.07) is 13.4. The molecule has 3 aromatic rings. The highest BCUT2D eigenvalue weighted by Gasteiger charge is 2.11. The zero-order valence-electron chi connectivity index (χ0n) is 12.8. The third-order valence-electron chi connectivity index (χ3n) is 3.20. The molecular formula is C16H14FN5OS. The number of thioether (sulfide) groups is 1. The summed E-state index contributed by atoms with van der Waals surface area (Å²) < 4.78 is 13.2. The smallest absolute Gasteiger partial charge is 0.248 e. The molecule has 8 heteroatoms. The Labute approximate surface area is 142 Å². The molecule has 0 atom stereocenters. The van der Waals surface area contributed by atoms with Crippen molar-refractivity contribution < 1.29 is 9.18 Å². The molecule has 3 rings (SSSR count). The highest BCUT2D eigenvalue weighted by Crippen LogP contribution is 2.24. The van der Waals surface area contributed by atoms with E-state index in [4.69, 9.17) is 0 Å². The van der Waals surface area contributed by atoms with Crippen LogP contribution in [0.5, 0.6) is 0 Å². The number of anilines is 1. The molecule has 24 heavy (non-hydrogen) atoms. The fraction of sp³-hybridized carbons (Fsp3) is 0.125. The summed E-state index contributed by atoms with van der Waals surface area (Å²) >= 11 is 1.55. The van der Waals surface area contributed by atoms with Gasteiger partial charge >= 0.3 is 0 Å². The first-order chi connectivity index (χ1) is 11.7. The Morgan fingerprint density at radius 2 is 2.08 bits per heavy atom. The summed E-state index contributed by atoms with van der Waals surface area (Å²) in [7, 11) is 0. The number of halogens is 1. The summed E-state index contributed by atoms with van der Waals surface area (Å²) in [6.07, 6.45) is 1.94. The maximum absolute atomic E-state index is 13.2. The minimum atomic E-state index is -0.379. The van der Waals surface area contributed by atoms with Gasteiger partial charge in [-0.3, -0.25) is 4.79 Å². The van der Waals surface area contributed by atoms with Crippen LogP contribution in [0.3, 0.4) is 0 Å². The lowest BCUT2D eigenvalue weighted by atomic mass is 10.2. The van der Waals surface area contributed by atoms with E-state index in [0.29, 0.717) is 5.56 Å². The second kappa shape index (κ2) is 7.22. The molecule has 0 aliphatic rings. The third kappa shape index (κ3) is 3.77. The maximum Gasteiger partial charge on any atom is 0.248 e. The average Bonchev–Trinajstić information content (AvgIpc) is 3.03. The number of hydrogen-bond donors (Lipinski definition) is 1. The van der Waals surface area contributed by atoms with Gasteiger partial charge in [0.05, 0.1) is 5.69 Å². The van der Waals surface area contributed by atoms with Gasteiger partial charge in [0.1, 0.15) is 12.4 Å². The van der Waals surface area contributed by atoms with Crippen molar-refractivity contribution in [2.75, 3.05) is 11.6 Å². The number of aromatic nitrogens is 4. The normalized spacial score (nSPS) is 10.6. The van der Waals surface area contributed by atoms with Gasteiger partial charge in [-0.25, -0.2) is 4.39 Å². The van der Waals surface area contributed by atoms with Crippen molar-refractivity contribution >= 4 is 23.4 Å². The molecule has 0 radical (unpaired) electrons. The number of carbonyl (C=O) groups is 1. The lowest BCUT2D eigenvalue weighted by Crippen LogP contribution is -2.20. The van der Waals surface area contributed by atoms with Crippen molar-refractivity contribution in [2.45, 2.75) is 11.4 Å². The summed E-state index contributed by atoms with van der Waals surface area (Å²) in [4.78, 5) is 14.3. The Bertz CT molecular complexity index is 867. The van der Waals surface area contributed by atoms with Gasteiger partial charge in [-0.05, 0) is 35.7 Å². The molecule has 0 spiro atoms. The van der Waals surface area contributed by atoms with Crippen LogP contribution in [-0.2, 0) is 11.3 Å². The molecule has 1 heterocycles. The predicted octanol–water partition coefficient (Wildman–Crippen LogP) is 2.84. The van der Waals surface area contributed by atoms with E-state index < -0.39 is 0 Å². The quantitative estimate of drug-likeness (QED) is 0.721. The minimum Gasteiger partial charge on any atom is -0.323 e. The number of amides is 1. The van der Waals surface area contributed by atoms with Crippen LogP contribution < -0.4 is 5.32 Å². The molecule has 0 aliphatic carbocycles. The molecule has 1 N–H and O–H groups in total. The van der Waals surface area contributed by atoms with Crippen LogP contribution in [-0.4, -0.2) is 32.4 Å². The van der Waals surface area contributed by atoms with E-state index in [1.807, 2.05) is 30.5 Å². The number of benzene rings is 2. The molecule has 0 bridgehead atoms. The molecule has 0 unspecified atom stereocenters. The lowest BCUT2D eigenvalue weighted by Gasteiger charge is -2.08. The third-order valence-corrected chi connectivity index (χ3v) is 4.00. The molecule has 0 saturated heterocycles. The van der Waals surface area contributed by atoms with E-state index in [0.717, 1.165) is 10.6 Å². The van der Waals surface area contributed by atoms with Crippen molar-refractivity contribution in [3.63, 3.8) is 0 Å². The highest BCUT2D eigenvalue weighted by molar-refractivity contribution is 7.98. The van der Waals surface area contributed by atoms with E-state index in [9.17, 15) is 9.18 Å². The van der Waals surface area contributed by atoms with Gasteiger partial charge < -0.3 is 5.32 Å². The first-order valence-electron chi connectivity index (χ1n) is 7.12. The molecular weight excluding hydrogens is 329 g/mol. The summed E-state index contributed by atoms with van der Waals surface area (Å²) in [5.74, 6) is -0.373. The first kappa shape index (κ1) is 16.1. The van der Waals surface area contributed by atoms with Gasteiger partial charge in [-0.1, -0.05) is 24.3 Å². The van der Waals surface area contributed by atoms with Crippen LogP contribution in [0.1, 0.15) is 0 Å². The van der Waals surface area contributed by atoms with Crippen molar-refractivity contribution in [3.05, 3.63) is 54.3 Å². The topological polar surface area (TPSA) is 72.7 Å². The SMILES string of the molecule is CSc1ccccc1NC(=O)Cn1nnc(-c2cccc(F)c2)n1. The van der Waals surface area contributed by atoms with Gasteiger partial charge in [0.15, 0.2) is 0 Å². The number of carbonyl (C=O) groups excluding carboxylic acids is 1.